The number of carbonyl (C=O) groups is 2. The van der Waals surface area contributed by atoms with Crippen molar-refractivity contribution in [3.05, 3.63) is 52.2 Å². The molecule has 0 fully saturated rings. The highest BCUT2D eigenvalue weighted by Crippen LogP contribution is 2.19. The number of anilines is 1. The van der Waals surface area contributed by atoms with E-state index in [2.05, 4.69) is 10.6 Å². The molecule has 1 atom stereocenters. The van der Waals surface area contributed by atoms with Gasteiger partial charge in [0, 0.05) is 16.1 Å². The molecule has 6 heteroatoms. The average Bonchev–Trinajstić information content (AvgIpc) is 3.00. The molecule has 2 N–H and O–H groups in total. The zero-order valence-corrected chi connectivity index (χ0v) is 15.1. The van der Waals surface area contributed by atoms with Crippen LogP contribution in [0.2, 0.25) is 0 Å². The van der Waals surface area contributed by atoms with Crippen LogP contribution < -0.4 is 10.6 Å². The van der Waals surface area contributed by atoms with Crippen LogP contribution in [-0.2, 0) is 4.74 Å². The lowest BCUT2D eigenvalue weighted by molar-refractivity contribution is 0.0635. The molecule has 0 saturated heterocycles. The predicted molar refractivity (Wildman–Crippen MR) is 96.5 cm³/mol. The van der Waals surface area contributed by atoms with E-state index in [1.165, 1.54) is 0 Å². The minimum absolute atomic E-state index is 0.0444. The van der Waals surface area contributed by atoms with E-state index in [1.807, 2.05) is 24.4 Å². The molecule has 2 amide bonds. The van der Waals surface area contributed by atoms with Gasteiger partial charge in [-0.2, -0.15) is 0 Å². The smallest absolute Gasteiger partial charge is 0.412 e. The first kappa shape index (κ1) is 18.0. The summed E-state index contributed by atoms with van der Waals surface area (Å²) in [4.78, 5) is 25.1. The Bertz CT molecular complexity index is 688. The molecule has 1 aromatic heterocycles. The molecule has 0 aliphatic rings. The summed E-state index contributed by atoms with van der Waals surface area (Å²) in [6.07, 6.45) is -0.522. The molecule has 0 saturated carbocycles. The molecule has 0 aliphatic carbocycles. The first-order valence-corrected chi connectivity index (χ1v) is 8.57. The van der Waals surface area contributed by atoms with Gasteiger partial charge in [-0.1, -0.05) is 6.07 Å². The monoisotopic (exact) mass is 346 g/mol. The zero-order valence-electron chi connectivity index (χ0n) is 14.3. The second kappa shape index (κ2) is 7.49. The van der Waals surface area contributed by atoms with Gasteiger partial charge in [-0.15, -0.1) is 11.3 Å². The Hall–Kier alpha value is -2.34. The summed E-state index contributed by atoms with van der Waals surface area (Å²) >= 11 is 1.61. The molecular formula is C18H22N2O3S. The van der Waals surface area contributed by atoms with Crippen molar-refractivity contribution in [3.63, 3.8) is 0 Å². The molecule has 24 heavy (non-hydrogen) atoms. The number of hydrogen-bond donors (Lipinski definition) is 2. The Kier molecular flexibility index (Phi) is 5.62. The fourth-order valence-corrected chi connectivity index (χ4v) is 2.75. The normalized spacial score (nSPS) is 12.3. The lowest BCUT2D eigenvalue weighted by atomic mass is 10.1. The highest BCUT2D eigenvalue weighted by Gasteiger charge is 2.16. The maximum absolute atomic E-state index is 12.3. The highest BCUT2D eigenvalue weighted by atomic mass is 32.1. The Morgan fingerprint density at radius 1 is 1.12 bits per heavy atom. The quantitative estimate of drug-likeness (QED) is 0.851. The highest BCUT2D eigenvalue weighted by molar-refractivity contribution is 7.10. The largest absolute Gasteiger partial charge is 0.444 e. The van der Waals surface area contributed by atoms with Crippen molar-refractivity contribution in [2.24, 2.45) is 0 Å². The SMILES string of the molecule is CC(NC(=O)c1ccc(NC(=O)OC(C)(C)C)cc1)c1cccs1. The van der Waals surface area contributed by atoms with Crippen molar-refractivity contribution in [1.82, 2.24) is 5.32 Å². The molecule has 2 aromatic rings. The predicted octanol–water partition coefficient (Wildman–Crippen LogP) is 4.59. The third-order valence-corrected chi connectivity index (χ3v) is 4.16. The zero-order chi connectivity index (χ0) is 17.7. The fraction of sp³-hybridized carbons (Fsp3) is 0.333. The Morgan fingerprint density at radius 3 is 2.33 bits per heavy atom. The van der Waals surface area contributed by atoms with E-state index in [1.54, 1.807) is 56.4 Å². The van der Waals surface area contributed by atoms with Crippen LogP contribution in [0.4, 0.5) is 10.5 Å². The molecule has 0 aliphatic heterocycles. The second-order valence-electron chi connectivity index (χ2n) is 6.41. The molecule has 5 nitrogen and oxygen atoms in total. The van der Waals surface area contributed by atoms with Gasteiger partial charge >= 0.3 is 6.09 Å². The second-order valence-corrected chi connectivity index (χ2v) is 7.39. The van der Waals surface area contributed by atoms with Crippen molar-refractivity contribution in [2.45, 2.75) is 39.3 Å². The van der Waals surface area contributed by atoms with E-state index in [0.29, 0.717) is 11.3 Å². The van der Waals surface area contributed by atoms with Crippen LogP contribution in [0.5, 0.6) is 0 Å². The summed E-state index contributed by atoms with van der Waals surface area (Å²) in [7, 11) is 0. The van der Waals surface area contributed by atoms with Gasteiger partial charge in [0.15, 0.2) is 0 Å². The molecule has 128 valence electrons. The molecule has 1 heterocycles. The number of carbonyl (C=O) groups excluding carboxylic acids is 2. The fourth-order valence-electron chi connectivity index (χ4n) is 2.02. The van der Waals surface area contributed by atoms with Crippen LogP contribution >= 0.6 is 11.3 Å². The summed E-state index contributed by atoms with van der Waals surface area (Å²) in [5.74, 6) is -0.153. The maximum atomic E-state index is 12.3. The number of amides is 2. The van der Waals surface area contributed by atoms with E-state index in [0.717, 1.165) is 4.88 Å². The third-order valence-electron chi connectivity index (χ3n) is 3.11. The van der Waals surface area contributed by atoms with Crippen LogP contribution in [0.25, 0.3) is 0 Å². The number of rotatable bonds is 4. The topological polar surface area (TPSA) is 67.4 Å². The number of nitrogens with one attached hydrogen (secondary N) is 2. The third kappa shape index (κ3) is 5.38. The molecule has 1 aromatic carbocycles. The number of hydrogen-bond acceptors (Lipinski definition) is 4. The van der Waals surface area contributed by atoms with E-state index in [4.69, 9.17) is 4.74 Å². The maximum Gasteiger partial charge on any atom is 0.412 e. The van der Waals surface area contributed by atoms with Crippen molar-refractivity contribution < 1.29 is 14.3 Å². The average molecular weight is 346 g/mol. The van der Waals surface area contributed by atoms with Crippen molar-refractivity contribution in [2.75, 3.05) is 5.32 Å². The van der Waals surface area contributed by atoms with Gasteiger partial charge in [-0.3, -0.25) is 10.1 Å². The minimum Gasteiger partial charge on any atom is -0.444 e. The molecular weight excluding hydrogens is 324 g/mol. The summed E-state index contributed by atoms with van der Waals surface area (Å²) in [6, 6.07) is 10.6. The standard InChI is InChI=1S/C18H22N2O3S/c1-12(15-6-5-11-24-15)19-16(21)13-7-9-14(10-8-13)20-17(22)23-18(2,3)4/h5-12H,1-4H3,(H,19,21)(H,20,22). The molecule has 0 radical (unpaired) electrons. The van der Waals surface area contributed by atoms with Crippen LogP contribution in [0.1, 0.15) is 49.0 Å². The van der Waals surface area contributed by atoms with Crippen LogP contribution in [0, 0.1) is 0 Å². The van der Waals surface area contributed by atoms with Crippen molar-refractivity contribution in [1.29, 1.82) is 0 Å². The van der Waals surface area contributed by atoms with Crippen LogP contribution in [-0.4, -0.2) is 17.6 Å². The Morgan fingerprint density at radius 2 is 1.79 bits per heavy atom. The van der Waals surface area contributed by atoms with Gasteiger partial charge in [-0.05, 0) is 63.4 Å². The number of ether oxygens (including phenoxy) is 1. The number of benzene rings is 1. The molecule has 0 bridgehead atoms. The number of thiophene rings is 1. The van der Waals surface area contributed by atoms with Crippen LogP contribution in [0.15, 0.2) is 41.8 Å². The van der Waals surface area contributed by atoms with Gasteiger partial charge in [0.1, 0.15) is 5.60 Å². The van der Waals surface area contributed by atoms with Crippen molar-refractivity contribution >= 4 is 29.0 Å². The van der Waals surface area contributed by atoms with E-state index >= 15 is 0 Å². The van der Waals surface area contributed by atoms with Gasteiger partial charge in [-0.25, -0.2) is 4.79 Å². The van der Waals surface area contributed by atoms with Gasteiger partial charge in [0.05, 0.1) is 6.04 Å². The summed E-state index contributed by atoms with van der Waals surface area (Å²) in [5.41, 5.74) is 0.558. The van der Waals surface area contributed by atoms with Gasteiger partial charge < -0.3 is 10.1 Å². The van der Waals surface area contributed by atoms with Gasteiger partial charge in [0.25, 0.3) is 5.91 Å². The van der Waals surface area contributed by atoms with E-state index in [9.17, 15) is 9.59 Å². The Balaban J connectivity index is 1.93. The van der Waals surface area contributed by atoms with Crippen LogP contribution in [0.3, 0.4) is 0 Å². The summed E-state index contributed by atoms with van der Waals surface area (Å²) in [6.45, 7) is 7.35. The first-order chi connectivity index (χ1) is 11.2. The molecule has 0 spiro atoms. The van der Waals surface area contributed by atoms with E-state index < -0.39 is 11.7 Å². The van der Waals surface area contributed by atoms with Crippen molar-refractivity contribution in [3.8, 4) is 0 Å². The first-order valence-electron chi connectivity index (χ1n) is 7.69. The lowest BCUT2D eigenvalue weighted by Gasteiger charge is -2.19. The lowest BCUT2D eigenvalue weighted by Crippen LogP contribution is -2.27. The summed E-state index contributed by atoms with van der Waals surface area (Å²) < 4.78 is 5.19. The minimum atomic E-state index is -0.554. The molecule has 1 unspecified atom stereocenters. The Labute approximate surface area is 146 Å². The van der Waals surface area contributed by atoms with Gasteiger partial charge in [0.2, 0.25) is 0 Å². The summed E-state index contributed by atoms with van der Waals surface area (Å²) in [5, 5.41) is 7.57. The van der Waals surface area contributed by atoms with E-state index in [-0.39, 0.29) is 11.9 Å². The molecule has 2 rings (SSSR count).